The number of hydrogen-bond donors (Lipinski definition) is 1. The largest absolute Gasteiger partial charge is 0.337 e. The zero-order chi connectivity index (χ0) is 16.6. The van der Waals surface area contributed by atoms with Crippen LogP contribution in [0.4, 0.5) is 0 Å². The molecular formula is C14H21BrN2O3S. The van der Waals surface area contributed by atoms with Gasteiger partial charge in [-0.15, -0.1) is 0 Å². The van der Waals surface area contributed by atoms with Gasteiger partial charge in [-0.1, -0.05) is 22.9 Å². The fraction of sp³-hybridized carbons (Fsp3) is 0.500. The van der Waals surface area contributed by atoms with Crippen molar-refractivity contribution < 1.29 is 13.2 Å². The average Bonchev–Trinajstić information content (AvgIpc) is 2.38. The van der Waals surface area contributed by atoms with E-state index >= 15 is 0 Å². The minimum Gasteiger partial charge on any atom is -0.337 e. The van der Waals surface area contributed by atoms with Crippen LogP contribution in [0.15, 0.2) is 21.5 Å². The van der Waals surface area contributed by atoms with Gasteiger partial charge in [0.15, 0.2) is 0 Å². The van der Waals surface area contributed by atoms with Crippen LogP contribution in [0.5, 0.6) is 0 Å². The van der Waals surface area contributed by atoms with E-state index in [2.05, 4.69) is 15.9 Å². The number of nitrogens with zero attached hydrogens (tertiary/aromatic N) is 1. The zero-order valence-electron chi connectivity index (χ0n) is 12.9. The van der Waals surface area contributed by atoms with Crippen molar-refractivity contribution in [3.05, 3.63) is 27.7 Å². The third-order valence-electron chi connectivity index (χ3n) is 3.93. The van der Waals surface area contributed by atoms with Gasteiger partial charge >= 0.3 is 0 Å². The molecule has 0 heterocycles. The third-order valence-corrected chi connectivity index (χ3v) is 5.79. The van der Waals surface area contributed by atoms with Gasteiger partial charge in [0.25, 0.3) is 5.91 Å². The lowest BCUT2D eigenvalue weighted by molar-refractivity contribution is 0.0620. The molecule has 0 aliphatic rings. The molecule has 0 radical (unpaired) electrons. The molecule has 0 bridgehead atoms. The van der Waals surface area contributed by atoms with Crippen LogP contribution in [0.2, 0.25) is 0 Å². The van der Waals surface area contributed by atoms with E-state index in [4.69, 9.17) is 5.14 Å². The molecule has 5 nitrogen and oxygen atoms in total. The first-order chi connectivity index (χ1) is 9.41. The number of halogens is 1. The standard InChI is InChI=1S/C14H21BrN2O3S/c1-6-14(3,4)17(5)13(18)10-7-11(15)9(2)12(8-10)21(16,19)20/h7-8H,6H2,1-5H3,(H2,16,19,20). The van der Waals surface area contributed by atoms with Gasteiger partial charge < -0.3 is 4.90 Å². The van der Waals surface area contributed by atoms with Crippen LogP contribution in [0, 0.1) is 6.92 Å². The van der Waals surface area contributed by atoms with E-state index in [-0.39, 0.29) is 16.3 Å². The summed E-state index contributed by atoms with van der Waals surface area (Å²) in [5, 5.41) is 5.21. The van der Waals surface area contributed by atoms with Gasteiger partial charge in [0, 0.05) is 22.6 Å². The van der Waals surface area contributed by atoms with E-state index in [9.17, 15) is 13.2 Å². The molecule has 0 aliphatic heterocycles. The summed E-state index contributed by atoms with van der Waals surface area (Å²) in [6, 6.07) is 2.95. The first-order valence-electron chi connectivity index (χ1n) is 6.53. The first kappa shape index (κ1) is 18.1. The summed E-state index contributed by atoms with van der Waals surface area (Å²) in [5.74, 6) is -0.243. The first-order valence-corrected chi connectivity index (χ1v) is 8.87. The van der Waals surface area contributed by atoms with Crippen LogP contribution in [0.25, 0.3) is 0 Å². The van der Waals surface area contributed by atoms with Gasteiger partial charge in [0.05, 0.1) is 4.90 Å². The van der Waals surface area contributed by atoms with Crippen molar-refractivity contribution in [2.75, 3.05) is 7.05 Å². The van der Waals surface area contributed by atoms with Gasteiger partial charge in [0.1, 0.15) is 0 Å². The van der Waals surface area contributed by atoms with Crippen LogP contribution in [-0.2, 0) is 10.0 Å². The zero-order valence-corrected chi connectivity index (χ0v) is 15.3. The monoisotopic (exact) mass is 376 g/mol. The van der Waals surface area contributed by atoms with Crippen molar-refractivity contribution in [1.82, 2.24) is 4.90 Å². The number of carbonyl (C=O) groups excluding carboxylic acids is 1. The second-order valence-corrected chi connectivity index (χ2v) is 8.04. The van der Waals surface area contributed by atoms with Crippen LogP contribution >= 0.6 is 15.9 Å². The number of primary sulfonamides is 1. The smallest absolute Gasteiger partial charge is 0.254 e. The predicted octanol–water partition coefficient (Wildman–Crippen LogP) is 2.67. The minimum absolute atomic E-state index is 0.0390. The van der Waals surface area contributed by atoms with Gasteiger partial charge in [-0.3, -0.25) is 4.79 Å². The molecule has 1 rings (SSSR count). The van der Waals surface area contributed by atoms with Crippen LogP contribution < -0.4 is 5.14 Å². The highest BCUT2D eigenvalue weighted by Crippen LogP contribution is 2.27. The quantitative estimate of drug-likeness (QED) is 0.876. The average molecular weight is 377 g/mol. The van der Waals surface area contributed by atoms with Gasteiger partial charge in [0.2, 0.25) is 10.0 Å². The van der Waals surface area contributed by atoms with Crippen LogP contribution in [0.1, 0.15) is 43.1 Å². The third kappa shape index (κ3) is 3.84. The minimum atomic E-state index is -3.88. The molecule has 1 amide bonds. The van der Waals surface area contributed by atoms with Gasteiger partial charge in [-0.05, 0) is 44.9 Å². The molecule has 2 N–H and O–H groups in total. The number of rotatable bonds is 4. The molecule has 0 spiro atoms. The maximum atomic E-state index is 12.6. The Morgan fingerprint density at radius 2 is 1.90 bits per heavy atom. The molecular weight excluding hydrogens is 356 g/mol. The topological polar surface area (TPSA) is 80.5 Å². The van der Waals surface area contributed by atoms with E-state index < -0.39 is 10.0 Å². The second kappa shape index (κ2) is 6.06. The van der Waals surface area contributed by atoms with E-state index in [1.165, 1.54) is 6.07 Å². The Labute approximate surface area is 134 Å². The predicted molar refractivity (Wildman–Crippen MR) is 86.7 cm³/mol. The molecule has 0 atom stereocenters. The normalized spacial score (nSPS) is 12.3. The Kier molecular flexibility index (Phi) is 5.23. The molecule has 0 saturated heterocycles. The Morgan fingerprint density at radius 3 is 2.33 bits per heavy atom. The summed E-state index contributed by atoms with van der Waals surface area (Å²) < 4.78 is 23.8. The molecule has 21 heavy (non-hydrogen) atoms. The number of benzene rings is 1. The highest BCUT2D eigenvalue weighted by atomic mass is 79.9. The van der Waals surface area contributed by atoms with Gasteiger partial charge in [-0.2, -0.15) is 0 Å². The number of sulfonamides is 1. The van der Waals surface area contributed by atoms with Gasteiger partial charge in [-0.25, -0.2) is 13.6 Å². The van der Waals surface area contributed by atoms with Crippen molar-refractivity contribution >= 4 is 31.9 Å². The lowest BCUT2D eigenvalue weighted by Gasteiger charge is -2.35. The summed E-state index contributed by atoms with van der Waals surface area (Å²) in [7, 11) is -2.17. The lowest BCUT2D eigenvalue weighted by atomic mass is 9.98. The molecule has 0 saturated carbocycles. The summed E-state index contributed by atoms with van der Waals surface area (Å²) >= 11 is 3.28. The lowest BCUT2D eigenvalue weighted by Crippen LogP contribution is -2.44. The Bertz CT molecular complexity index is 669. The summed E-state index contributed by atoms with van der Waals surface area (Å²) in [4.78, 5) is 14.1. The maximum absolute atomic E-state index is 12.6. The Hall–Kier alpha value is -0.920. The SMILES string of the molecule is CCC(C)(C)N(C)C(=O)c1cc(Br)c(C)c(S(N)(=O)=O)c1. The Morgan fingerprint density at radius 1 is 1.38 bits per heavy atom. The highest BCUT2D eigenvalue weighted by Gasteiger charge is 2.28. The molecule has 0 unspecified atom stereocenters. The molecule has 1 aromatic rings. The number of nitrogens with two attached hydrogens (primary N) is 1. The van der Waals surface area contributed by atoms with E-state index in [1.807, 2.05) is 20.8 Å². The van der Waals surface area contributed by atoms with Crippen molar-refractivity contribution in [2.45, 2.75) is 44.6 Å². The van der Waals surface area contributed by atoms with E-state index in [0.29, 0.717) is 15.6 Å². The van der Waals surface area contributed by atoms with E-state index in [0.717, 1.165) is 6.42 Å². The molecule has 0 fully saturated rings. The molecule has 0 aliphatic carbocycles. The molecule has 1 aromatic carbocycles. The molecule has 118 valence electrons. The van der Waals surface area contributed by atoms with Crippen molar-refractivity contribution in [2.24, 2.45) is 5.14 Å². The molecule has 7 heteroatoms. The summed E-state index contributed by atoms with van der Waals surface area (Å²) in [5.41, 5.74) is 0.461. The second-order valence-electron chi connectivity index (χ2n) is 5.66. The van der Waals surface area contributed by atoms with Crippen molar-refractivity contribution in [1.29, 1.82) is 0 Å². The highest BCUT2D eigenvalue weighted by molar-refractivity contribution is 9.10. The summed E-state index contributed by atoms with van der Waals surface area (Å²) in [6.45, 7) is 7.53. The maximum Gasteiger partial charge on any atom is 0.254 e. The molecule has 0 aromatic heterocycles. The fourth-order valence-corrected chi connectivity index (χ4v) is 3.20. The number of amides is 1. The Balaban J connectivity index is 3.40. The van der Waals surface area contributed by atoms with Crippen LogP contribution in [0.3, 0.4) is 0 Å². The van der Waals surface area contributed by atoms with Crippen LogP contribution in [-0.4, -0.2) is 31.8 Å². The number of carbonyl (C=O) groups is 1. The van der Waals surface area contributed by atoms with Crippen molar-refractivity contribution in [3.8, 4) is 0 Å². The number of hydrogen-bond acceptors (Lipinski definition) is 3. The fourth-order valence-electron chi connectivity index (χ4n) is 1.78. The van der Waals surface area contributed by atoms with E-state index in [1.54, 1.807) is 24.9 Å². The summed E-state index contributed by atoms with van der Waals surface area (Å²) in [6.07, 6.45) is 0.782. The van der Waals surface area contributed by atoms with Crippen molar-refractivity contribution in [3.63, 3.8) is 0 Å².